The van der Waals surface area contributed by atoms with E-state index in [-0.39, 0.29) is 17.6 Å². The second-order valence-electron chi connectivity index (χ2n) is 7.50. The minimum atomic E-state index is -0.501. The molecule has 0 spiro atoms. The molecule has 0 bridgehead atoms. The Morgan fingerprint density at radius 2 is 2.04 bits per heavy atom. The topological polar surface area (TPSA) is 88.2 Å². The molecule has 1 aliphatic heterocycles. The number of pyridine rings is 1. The highest BCUT2D eigenvalue weighted by atomic mass is 16.6. The predicted octanol–water partition coefficient (Wildman–Crippen LogP) is 2.95. The third kappa shape index (κ3) is 4.47. The first-order valence-corrected chi connectivity index (χ1v) is 8.81. The lowest BCUT2D eigenvalue weighted by atomic mass is 9.96. The Kier molecular flexibility index (Phi) is 5.06. The van der Waals surface area contributed by atoms with Gasteiger partial charge in [0.15, 0.2) is 0 Å². The molecule has 0 atom stereocenters. The van der Waals surface area contributed by atoms with Crippen LogP contribution in [0.4, 0.5) is 4.79 Å². The summed E-state index contributed by atoms with van der Waals surface area (Å²) < 4.78 is 5.42. The van der Waals surface area contributed by atoms with Crippen LogP contribution in [0.1, 0.15) is 45.4 Å². The van der Waals surface area contributed by atoms with Crippen molar-refractivity contribution >= 4 is 6.09 Å². The average molecular weight is 356 g/mol. The van der Waals surface area contributed by atoms with E-state index in [4.69, 9.17) is 4.74 Å². The molecule has 138 valence electrons. The van der Waals surface area contributed by atoms with Crippen LogP contribution in [0.5, 0.6) is 0 Å². The smallest absolute Gasteiger partial charge is 0.410 e. The first-order chi connectivity index (χ1) is 12.3. The Hall–Kier alpha value is -2.70. The summed E-state index contributed by atoms with van der Waals surface area (Å²) in [7, 11) is 0. The van der Waals surface area contributed by atoms with Crippen molar-refractivity contribution < 1.29 is 9.53 Å². The minimum Gasteiger partial charge on any atom is -0.444 e. The van der Waals surface area contributed by atoms with E-state index < -0.39 is 5.60 Å². The van der Waals surface area contributed by atoms with Gasteiger partial charge in [0.1, 0.15) is 11.4 Å². The number of nitrogens with one attached hydrogen (secondary N) is 1. The molecular weight excluding hydrogens is 332 g/mol. The molecule has 7 heteroatoms. The summed E-state index contributed by atoms with van der Waals surface area (Å²) in [6.07, 6.45) is 4.55. The number of hydrogen-bond donors (Lipinski definition) is 1. The number of aromatic amines is 1. The summed E-state index contributed by atoms with van der Waals surface area (Å²) in [6.45, 7) is 6.74. The number of carbonyl (C=O) groups excluding carboxylic acids is 1. The average Bonchev–Trinajstić information content (AvgIpc) is 2.61. The molecule has 26 heavy (non-hydrogen) atoms. The second kappa shape index (κ2) is 7.27. The van der Waals surface area contributed by atoms with Gasteiger partial charge in [-0.2, -0.15) is 0 Å². The molecule has 1 N–H and O–H groups in total. The van der Waals surface area contributed by atoms with Gasteiger partial charge < -0.3 is 14.6 Å². The minimum absolute atomic E-state index is 0.109. The zero-order chi connectivity index (χ0) is 18.7. The van der Waals surface area contributed by atoms with Crippen molar-refractivity contribution in [2.24, 2.45) is 0 Å². The summed E-state index contributed by atoms with van der Waals surface area (Å²) in [6, 6.07) is 5.18. The summed E-state index contributed by atoms with van der Waals surface area (Å²) >= 11 is 0. The highest BCUT2D eigenvalue weighted by molar-refractivity contribution is 5.68. The van der Waals surface area contributed by atoms with Crippen LogP contribution in [-0.4, -0.2) is 44.6 Å². The number of rotatable bonds is 2. The van der Waals surface area contributed by atoms with Crippen molar-refractivity contribution in [3.8, 4) is 11.3 Å². The number of nitrogens with zero attached hydrogens (tertiary/aromatic N) is 3. The first-order valence-electron chi connectivity index (χ1n) is 8.81. The molecule has 0 saturated carbocycles. The highest BCUT2D eigenvalue weighted by Crippen LogP contribution is 2.27. The van der Waals surface area contributed by atoms with Crippen LogP contribution < -0.4 is 5.56 Å². The van der Waals surface area contributed by atoms with E-state index in [0.717, 1.165) is 18.4 Å². The fourth-order valence-electron chi connectivity index (χ4n) is 2.99. The van der Waals surface area contributed by atoms with Gasteiger partial charge in [0.2, 0.25) is 0 Å². The monoisotopic (exact) mass is 356 g/mol. The quantitative estimate of drug-likeness (QED) is 0.894. The van der Waals surface area contributed by atoms with Gasteiger partial charge >= 0.3 is 6.09 Å². The fourth-order valence-corrected chi connectivity index (χ4v) is 2.99. The van der Waals surface area contributed by atoms with Crippen molar-refractivity contribution in [3.05, 3.63) is 46.8 Å². The van der Waals surface area contributed by atoms with E-state index in [9.17, 15) is 9.59 Å². The molecule has 0 unspecified atom stereocenters. The van der Waals surface area contributed by atoms with Crippen molar-refractivity contribution in [2.45, 2.75) is 45.1 Å². The van der Waals surface area contributed by atoms with Gasteiger partial charge in [0.05, 0.1) is 5.69 Å². The molecule has 2 aromatic heterocycles. The van der Waals surface area contributed by atoms with E-state index in [1.54, 1.807) is 17.3 Å². The maximum atomic E-state index is 12.2. The molecule has 7 nitrogen and oxygen atoms in total. The summed E-state index contributed by atoms with van der Waals surface area (Å²) in [4.78, 5) is 37.5. The number of amides is 1. The molecule has 1 fully saturated rings. The Morgan fingerprint density at radius 3 is 2.65 bits per heavy atom. The Bertz CT molecular complexity index is 819. The molecule has 3 heterocycles. The molecule has 0 aromatic carbocycles. The maximum Gasteiger partial charge on any atom is 0.410 e. The van der Waals surface area contributed by atoms with Crippen LogP contribution >= 0.6 is 0 Å². The normalized spacial score (nSPS) is 15.7. The predicted molar refractivity (Wildman–Crippen MR) is 97.9 cm³/mol. The highest BCUT2D eigenvalue weighted by Gasteiger charge is 2.28. The van der Waals surface area contributed by atoms with Gasteiger partial charge in [-0.15, -0.1) is 0 Å². The zero-order valence-corrected chi connectivity index (χ0v) is 15.4. The molecular formula is C19H24N4O3. The van der Waals surface area contributed by atoms with Gasteiger partial charge in [0.25, 0.3) is 5.56 Å². The first kappa shape index (κ1) is 18.1. The lowest BCUT2D eigenvalue weighted by molar-refractivity contribution is 0.0203. The van der Waals surface area contributed by atoms with Crippen LogP contribution in [0.15, 0.2) is 35.4 Å². The maximum absolute atomic E-state index is 12.2. The molecule has 1 aliphatic rings. The molecule has 1 amide bonds. The summed E-state index contributed by atoms with van der Waals surface area (Å²) in [5.41, 5.74) is 0.750. The Labute approximate surface area is 152 Å². The molecule has 3 rings (SSSR count). The summed E-state index contributed by atoms with van der Waals surface area (Å²) in [5.74, 6) is 0.776. The number of ether oxygens (including phenoxy) is 1. The standard InChI is InChI=1S/C19H24N4O3/c1-19(2,3)26-18(25)23-9-6-13(7-10-23)17-21-15(11-16(24)22-17)14-5-4-8-20-12-14/h4-5,8,11-13H,6-7,9-10H2,1-3H3,(H,21,22,24). The number of carbonyl (C=O) groups is 1. The largest absolute Gasteiger partial charge is 0.444 e. The van der Waals surface area contributed by atoms with E-state index in [2.05, 4.69) is 15.0 Å². The number of aromatic nitrogens is 3. The SMILES string of the molecule is CC(C)(C)OC(=O)N1CCC(c2nc(-c3cccnc3)cc(=O)[nH]2)CC1. The van der Waals surface area contributed by atoms with E-state index in [1.807, 2.05) is 32.9 Å². The van der Waals surface area contributed by atoms with Crippen LogP contribution in [0.25, 0.3) is 11.3 Å². The second-order valence-corrected chi connectivity index (χ2v) is 7.50. The fraction of sp³-hybridized carbons (Fsp3) is 0.474. The van der Waals surface area contributed by atoms with Crippen molar-refractivity contribution in [2.75, 3.05) is 13.1 Å². The van der Waals surface area contributed by atoms with Crippen molar-refractivity contribution in [1.82, 2.24) is 19.9 Å². The van der Waals surface area contributed by atoms with Crippen molar-refractivity contribution in [3.63, 3.8) is 0 Å². The molecule has 0 radical (unpaired) electrons. The number of likely N-dealkylation sites (tertiary alicyclic amines) is 1. The van der Waals surface area contributed by atoms with E-state index in [0.29, 0.717) is 24.6 Å². The van der Waals surface area contributed by atoms with Crippen LogP contribution in [0.3, 0.4) is 0 Å². The van der Waals surface area contributed by atoms with Gasteiger partial charge in [-0.1, -0.05) is 0 Å². The van der Waals surface area contributed by atoms with Gasteiger partial charge in [0, 0.05) is 43.0 Å². The number of piperidine rings is 1. The Balaban J connectivity index is 1.71. The lowest BCUT2D eigenvalue weighted by Gasteiger charge is -2.33. The van der Waals surface area contributed by atoms with Gasteiger partial charge in [-0.25, -0.2) is 9.78 Å². The number of H-pyrrole nitrogens is 1. The molecule has 1 saturated heterocycles. The Morgan fingerprint density at radius 1 is 1.31 bits per heavy atom. The molecule has 2 aromatic rings. The van der Waals surface area contributed by atoms with Gasteiger partial charge in [-0.3, -0.25) is 9.78 Å². The zero-order valence-electron chi connectivity index (χ0n) is 15.4. The van der Waals surface area contributed by atoms with Crippen LogP contribution in [-0.2, 0) is 4.74 Å². The molecule has 0 aliphatic carbocycles. The van der Waals surface area contributed by atoms with E-state index in [1.165, 1.54) is 6.07 Å². The number of hydrogen-bond acceptors (Lipinski definition) is 5. The van der Waals surface area contributed by atoms with Crippen LogP contribution in [0, 0.1) is 0 Å². The van der Waals surface area contributed by atoms with Gasteiger partial charge in [-0.05, 0) is 45.7 Å². The van der Waals surface area contributed by atoms with E-state index >= 15 is 0 Å². The third-order valence-electron chi connectivity index (χ3n) is 4.25. The van der Waals surface area contributed by atoms with Crippen LogP contribution in [0.2, 0.25) is 0 Å². The van der Waals surface area contributed by atoms with Crippen molar-refractivity contribution in [1.29, 1.82) is 0 Å². The lowest BCUT2D eigenvalue weighted by Crippen LogP contribution is -2.41. The summed E-state index contributed by atoms with van der Waals surface area (Å²) in [5, 5.41) is 0. The third-order valence-corrected chi connectivity index (χ3v) is 4.25.